The summed E-state index contributed by atoms with van der Waals surface area (Å²) < 4.78 is 23.8. The highest BCUT2D eigenvalue weighted by Crippen LogP contribution is 2.31. The largest absolute Gasteiger partial charge is 0.485 e. The summed E-state index contributed by atoms with van der Waals surface area (Å²) in [7, 11) is 0. The third-order valence-corrected chi connectivity index (χ3v) is 3.60. The van der Waals surface area contributed by atoms with E-state index in [0.29, 0.717) is 24.6 Å². The number of halogens is 1. The van der Waals surface area contributed by atoms with Crippen molar-refractivity contribution in [2.75, 3.05) is 26.4 Å². The maximum atomic E-state index is 12.6. The highest BCUT2D eigenvalue weighted by Gasteiger charge is 2.34. The van der Waals surface area contributed by atoms with Crippen LogP contribution in [0, 0.1) is 5.92 Å². The summed E-state index contributed by atoms with van der Waals surface area (Å²) in [4.78, 5) is 13.9. The monoisotopic (exact) mass is 265 g/mol. The summed E-state index contributed by atoms with van der Waals surface area (Å²) in [6, 6.07) is 7.29. The van der Waals surface area contributed by atoms with Crippen molar-refractivity contribution < 1.29 is 18.7 Å². The number of hydrogen-bond donors (Lipinski definition) is 0. The molecule has 1 amide bonds. The Morgan fingerprint density at radius 3 is 2.89 bits per heavy atom. The molecule has 4 nitrogen and oxygen atoms in total. The molecule has 1 saturated heterocycles. The number of hydrogen-bond acceptors (Lipinski definition) is 3. The van der Waals surface area contributed by atoms with Crippen LogP contribution in [0.4, 0.5) is 4.39 Å². The Kier molecular flexibility index (Phi) is 3.27. The maximum absolute atomic E-state index is 12.6. The number of amides is 1. The minimum absolute atomic E-state index is 0.0271. The first-order valence-electron chi connectivity index (χ1n) is 6.51. The highest BCUT2D eigenvalue weighted by atomic mass is 19.1. The lowest BCUT2D eigenvalue weighted by Crippen LogP contribution is -2.45. The van der Waals surface area contributed by atoms with Gasteiger partial charge in [-0.2, -0.15) is 0 Å². The van der Waals surface area contributed by atoms with Crippen LogP contribution in [0.5, 0.6) is 11.5 Å². The SMILES string of the molecule is O=C(C1COc2ccccc2O1)N1CCC(CF)C1. The van der Waals surface area contributed by atoms with Gasteiger partial charge in [0.2, 0.25) is 6.10 Å². The third-order valence-electron chi connectivity index (χ3n) is 3.60. The predicted octanol–water partition coefficient (Wildman–Crippen LogP) is 1.64. The van der Waals surface area contributed by atoms with Gasteiger partial charge in [0, 0.05) is 19.0 Å². The highest BCUT2D eigenvalue weighted by molar-refractivity contribution is 5.82. The Balaban J connectivity index is 1.66. The number of rotatable bonds is 2. The fourth-order valence-electron chi connectivity index (χ4n) is 2.50. The van der Waals surface area contributed by atoms with Gasteiger partial charge in [0.1, 0.15) is 6.61 Å². The van der Waals surface area contributed by atoms with Gasteiger partial charge in [0.15, 0.2) is 11.5 Å². The predicted molar refractivity (Wildman–Crippen MR) is 67.0 cm³/mol. The summed E-state index contributed by atoms with van der Waals surface area (Å²) >= 11 is 0. The fourth-order valence-corrected chi connectivity index (χ4v) is 2.50. The first-order valence-corrected chi connectivity index (χ1v) is 6.51. The van der Waals surface area contributed by atoms with Gasteiger partial charge >= 0.3 is 0 Å². The molecule has 5 heteroatoms. The lowest BCUT2D eigenvalue weighted by Gasteiger charge is -2.28. The van der Waals surface area contributed by atoms with Crippen molar-refractivity contribution in [2.45, 2.75) is 12.5 Å². The van der Waals surface area contributed by atoms with E-state index >= 15 is 0 Å². The van der Waals surface area contributed by atoms with Crippen molar-refractivity contribution in [3.63, 3.8) is 0 Å². The molecule has 3 rings (SSSR count). The number of likely N-dealkylation sites (tertiary alicyclic amines) is 1. The number of alkyl halides is 1. The van der Waals surface area contributed by atoms with Crippen LogP contribution >= 0.6 is 0 Å². The molecule has 1 aromatic carbocycles. The van der Waals surface area contributed by atoms with Crippen LogP contribution in [-0.2, 0) is 4.79 Å². The van der Waals surface area contributed by atoms with E-state index in [0.717, 1.165) is 6.42 Å². The van der Waals surface area contributed by atoms with Gasteiger partial charge in [-0.1, -0.05) is 12.1 Å². The molecule has 2 heterocycles. The average molecular weight is 265 g/mol. The number of para-hydroxylation sites is 2. The second kappa shape index (κ2) is 5.07. The third kappa shape index (κ3) is 2.37. The number of carbonyl (C=O) groups excluding carboxylic acids is 1. The van der Waals surface area contributed by atoms with Crippen LogP contribution in [0.25, 0.3) is 0 Å². The molecule has 19 heavy (non-hydrogen) atoms. The van der Waals surface area contributed by atoms with Crippen molar-refractivity contribution in [3.8, 4) is 11.5 Å². The van der Waals surface area contributed by atoms with Gasteiger partial charge in [-0.3, -0.25) is 9.18 Å². The van der Waals surface area contributed by atoms with E-state index in [1.54, 1.807) is 11.0 Å². The second-order valence-corrected chi connectivity index (χ2v) is 4.96. The molecule has 0 radical (unpaired) electrons. The van der Waals surface area contributed by atoms with Gasteiger partial charge < -0.3 is 14.4 Å². The molecule has 2 unspecified atom stereocenters. The van der Waals surface area contributed by atoms with Crippen molar-refractivity contribution in [1.82, 2.24) is 4.90 Å². The van der Waals surface area contributed by atoms with Crippen molar-refractivity contribution in [2.24, 2.45) is 5.92 Å². The summed E-state index contributed by atoms with van der Waals surface area (Å²) in [5.74, 6) is 1.12. The number of nitrogens with zero attached hydrogens (tertiary/aromatic N) is 1. The minimum atomic E-state index is -0.617. The van der Waals surface area contributed by atoms with Gasteiger partial charge in [-0.15, -0.1) is 0 Å². The summed E-state index contributed by atoms with van der Waals surface area (Å²) in [6.07, 6.45) is 0.111. The fraction of sp³-hybridized carbons (Fsp3) is 0.500. The maximum Gasteiger partial charge on any atom is 0.267 e. The first kappa shape index (κ1) is 12.3. The number of benzene rings is 1. The van der Waals surface area contributed by atoms with E-state index in [1.807, 2.05) is 18.2 Å². The van der Waals surface area contributed by atoms with E-state index in [1.165, 1.54) is 0 Å². The van der Waals surface area contributed by atoms with E-state index < -0.39 is 6.10 Å². The van der Waals surface area contributed by atoms with E-state index in [9.17, 15) is 9.18 Å². The van der Waals surface area contributed by atoms with Crippen molar-refractivity contribution in [3.05, 3.63) is 24.3 Å². The minimum Gasteiger partial charge on any atom is -0.485 e. The average Bonchev–Trinajstić information content (AvgIpc) is 2.95. The molecular weight excluding hydrogens is 249 g/mol. The Hall–Kier alpha value is -1.78. The Morgan fingerprint density at radius 2 is 2.16 bits per heavy atom. The zero-order valence-corrected chi connectivity index (χ0v) is 10.5. The van der Waals surface area contributed by atoms with Crippen molar-refractivity contribution in [1.29, 1.82) is 0 Å². The van der Waals surface area contributed by atoms with E-state index in [4.69, 9.17) is 9.47 Å². The molecule has 2 atom stereocenters. The molecule has 0 spiro atoms. The molecule has 0 bridgehead atoms. The molecule has 2 aliphatic heterocycles. The molecular formula is C14H16FNO3. The quantitative estimate of drug-likeness (QED) is 0.816. The van der Waals surface area contributed by atoms with Gasteiger partial charge in [0.25, 0.3) is 5.91 Å². The van der Waals surface area contributed by atoms with E-state index in [-0.39, 0.29) is 25.1 Å². The first-order chi connectivity index (χ1) is 9.28. The summed E-state index contributed by atoms with van der Waals surface area (Å²) in [5, 5.41) is 0. The zero-order valence-electron chi connectivity index (χ0n) is 10.5. The van der Waals surface area contributed by atoms with Gasteiger partial charge in [0.05, 0.1) is 6.67 Å². The molecule has 0 saturated carbocycles. The van der Waals surface area contributed by atoms with E-state index in [2.05, 4.69) is 0 Å². The molecule has 102 valence electrons. The Bertz CT molecular complexity index is 480. The van der Waals surface area contributed by atoms with Crippen LogP contribution in [0.1, 0.15) is 6.42 Å². The van der Waals surface area contributed by atoms with Crippen molar-refractivity contribution >= 4 is 5.91 Å². The summed E-state index contributed by atoms with van der Waals surface area (Å²) in [5.41, 5.74) is 0. The van der Waals surface area contributed by atoms with Crippen LogP contribution in [-0.4, -0.2) is 43.3 Å². The van der Waals surface area contributed by atoms with Gasteiger partial charge in [-0.05, 0) is 18.6 Å². The lowest BCUT2D eigenvalue weighted by atomic mass is 10.1. The Labute approximate surface area is 111 Å². The van der Waals surface area contributed by atoms with Crippen LogP contribution < -0.4 is 9.47 Å². The zero-order chi connectivity index (χ0) is 13.2. The second-order valence-electron chi connectivity index (χ2n) is 4.96. The lowest BCUT2D eigenvalue weighted by molar-refractivity contribution is -0.140. The number of ether oxygens (including phenoxy) is 2. The standard InChI is InChI=1S/C14H16FNO3/c15-7-10-5-6-16(8-10)14(17)13-9-18-11-3-1-2-4-12(11)19-13/h1-4,10,13H,5-9H2. The van der Waals surface area contributed by atoms with Crippen LogP contribution in [0.15, 0.2) is 24.3 Å². The molecule has 2 aliphatic rings. The molecule has 1 fully saturated rings. The molecule has 0 aromatic heterocycles. The molecule has 1 aromatic rings. The van der Waals surface area contributed by atoms with Gasteiger partial charge in [-0.25, -0.2) is 0 Å². The topological polar surface area (TPSA) is 38.8 Å². The van der Waals surface area contributed by atoms with Crippen LogP contribution in [0.2, 0.25) is 0 Å². The Morgan fingerprint density at radius 1 is 1.37 bits per heavy atom. The number of carbonyl (C=O) groups is 1. The number of fused-ring (bicyclic) bond motifs is 1. The molecule has 0 aliphatic carbocycles. The van der Waals surface area contributed by atoms with Crippen LogP contribution in [0.3, 0.4) is 0 Å². The smallest absolute Gasteiger partial charge is 0.267 e. The summed E-state index contributed by atoms with van der Waals surface area (Å²) in [6.45, 7) is 0.938. The molecule has 0 N–H and O–H groups in total. The normalized spacial score (nSPS) is 25.4.